The smallest absolute Gasteiger partial charge is 0.257 e. The number of amides is 1. The normalized spacial score (nSPS) is 18.7. The van der Waals surface area contributed by atoms with Gasteiger partial charge >= 0.3 is 0 Å². The molecule has 1 aliphatic carbocycles. The summed E-state index contributed by atoms with van der Waals surface area (Å²) in [5, 5.41) is 8.43. The number of nitrogens with zero attached hydrogens (tertiary/aromatic N) is 4. The van der Waals surface area contributed by atoms with Gasteiger partial charge in [-0.05, 0) is 37.8 Å². The molecule has 2 fully saturated rings. The van der Waals surface area contributed by atoms with Crippen LogP contribution in [-0.4, -0.2) is 52.1 Å². The van der Waals surface area contributed by atoms with E-state index in [4.69, 9.17) is 4.42 Å². The minimum Gasteiger partial charge on any atom is -0.419 e. The second kappa shape index (κ2) is 6.88. The molecule has 134 valence electrons. The van der Waals surface area contributed by atoms with Gasteiger partial charge in [0, 0.05) is 37.0 Å². The van der Waals surface area contributed by atoms with Gasteiger partial charge in [0.25, 0.3) is 5.89 Å². The molecule has 2 aromatic heterocycles. The van der Waals surface area contributed by atoms with E-state index in [0.717, 1.165) is 50.3 Å². The summed E-state index contributed by atoms with van der Waals surface area (Å²) < 4.78 is 5.87. The van der Waals surface area contributed by atoms with Crippen molar-refractivity contribution in [3.8, 4) is 10.8 Å². The Morgan fingerprint density at radius 3 is 2.68 bits per heavy atom. The molecule has 2 aromatic rings. The average Bonchev–Trinajstić information content (AvgIpc) is 3.26. The number of hydrogen-bond acceptors (Lipinski definition) is 6. The zero-order valence-corrected chi connectivity index (χ0v) is 15.6. The third kappa shape index (κ3) is 3.62. The van der Waals surface area contributed by atoms with Gasteiger partial charge < -0.3 is 9.32 Å². The first-order chi connectivity index (χ1) is 12.1. The number of carbonyl (C=O) groups excluding carboxylic acids is 1. The molecule has 2 aliphatic rings. The van der Waals surface area contributed by atoms with Crippen LogP contribution in [0.3, 0.4) is 0 Å². The highest BCUT2D eigenvalue weighted by Gasteiger charge is 2.34. The van der Waals surface area contributed by atoms with E-state index in [2.05, 4.69) is 35.0 Å². The standard InChI is InChI=1S/C18H24N4O2S/c1-3-14-12(2)10-15(25-14)17-20-19-16(24-17)11-21-6-8-22(9-7-21)18(23)13-4-5-13/h10,13H,3-9,11H2,1-2H3. The van der Waals surface area contributed by atoms with Crippen molar-refractivity contribution in [2.45, 2.75) is 39.7 Å². The Hall–Kier alpha value is -1.73. The van der Waals surface area contributed by atoms with E-state index in [0.29, 0.717) is 30.2 Å². The molecule has 1 aliphatic heterocycles. The summed E-state index contributed by atoms with van der Waals surface area (Å²) in [4.78, 5) is 18.8. The summed E-state index contributed by atoms with van der Waals surface area (Å²) in [5.74, 6) is 1.93. The number of aromatic nitrogens is 2. The van der Waals surface area contributed by atoms with E-state index in [9.17, 15) is 4.79 Å². The monoisotopic (exact) mass is 360 g/mol. The molecule has 3 heterocycles. The number of piperazine rings is 1. The predicted molar refractivity (Wildman–Crippen MR) is 96.3 cm³/mol. The Bertz CT molecular complexity index is 757. The van der Waals surface area contributed by atoms with Crippen LogP contribution in [0.25, 0.3) is 10.8 Å². The number of hydrogen-bond donors (Lipinski definition) is 0. The highest BCUT2D eigenvalue weighted by atomic mass is 32.1. The van der Waals surface area contributed by atoms with E-state index in [-0.39, 0.29) is 0 Å². The van der Waals surface area contributed by atoms with E-state index < -0.39 is 0 Å². The minimum absolute atomic E-state index is 0.312. The van der Waals surface area contributed by atoms with Crippen LogP contribution < -0.4 is 0 Å². The van der Waals surface area contributed by atoms with Gasteiger partial charge in [0.2, 0.25) is 11.8 Å². The molecule has 1 saturated carbocycles. The molecule has 1 amide bonds. The van der Waals surface area contributed by atoms with Crippen molar-refractivity contribution >= 4 is 17.2 Å². The lowest BCUT2D eigenvalue weighted by Gasteiger charge is -2.34. The molecule has 25 heavy (non-hydrogen) atoms. The molecule has 0 unspecified atom stereocenters. The predicted octanol–water partition coefficient (Wildman–Crippen LogP) is 2.72. The number of aryl methyl sites for hydroxylation is 2. The van der Waals surface area contributed by atoms with Crippen LogP contribution in [0, 0.1) is 12.8 Å². The second-order valence-electron chi connectivity index (χ2n) is 6.95. The molecule has 7 heteroatoms. The lowest BCUT2D eigenvalue weighted by Crippen LogP contribution is -2.48. The fraction of sp³-hybridized carbons (Fsp3) is 0.611. The van der Waals surface area contributed by atoms with Gasteiger partial charge in [-0.1, -0.05) is 6.92 Å². The van der Waals surface area contributed by atoms with Crippen molar-refractivity contribution < 1.29 is 9.21 Å². The van der Waals surface area contributed by atoms with Gasteiger partial charge in [-0.3, -0.25) is 9.69 Å². The number of thiophene rings is 1. The van der Waals surface area contributed by atoms with Gasteiger partial charge in [0.15, 0.2) is 0 Å². The van der Waals surface area contributed by atoms with Gasteiger partial charge in [0.05, 0.1) is 11.4 Å². The summed E-state index contributed by atoms with van der Waals surface area (Å²) >= 11 is 1.73. The molecule has 0 aromatic carbocycles. The zero-order chi connectivity index (χ0) is 17.4. The van der Waals surface area contributed by atoms with Gasteiger partial charge in [-0.2, -0.15) is 0 Å². The number of carbonyl (C=O) groups is 1. The van der Waals surface area contributed by atoms with Gasteiger partial charge in [0.1, 0.15) is 0 Å². The van der Waals surface area contributed by atoms with Crippen LogP contribution in [0.4, 0.5) is 0 Å². The maximum Gasteiger partial charge on any atom is 0.257 e. The Balaban J connectivity index is 1.34. The topological polar surface area (TPSA) is 62.5 Å². The van der Waals surface area contributed by atoms with Crippen molar-refractivity contribution in [1.29, 1.82) is 0 Å². The van der Waals surface area contributed by atoms with Crippen LogP contribution in [-0.2, 0) is 17.8 Å². The highest BCUT2D eigenvalue weighted by Crippen LogP contribution is 2.32. The van der Waals surface area contributed by atoms with E-state index in [1.54, 1.807) is 11.3 Å². The largest absolute Gasteiger partial charge is 0.419 e. The molecule has 0 spiro atoms. The van der Waals surface area contributed by atoms with Crippen LogP contribution in [0.1, 0.15) is 36.1 Å². The van der Waals surface area contributed by atoms with Crippen LogP contribution in [0.15, 0.2) is 10.5 Å². The van der Waals surface area contributed by atoms with Crippen LogP contribution in [0.2, 0.25) is 0 Å². The Labute approximate surface area is 151 Å². The first-order valence-electron chi connectivity index (χ1n) is 9.07. The molecule has 1 saturated heterocycles. The van der Waals surface area contributed by atoms with Crippen molar-refractivity contribution in [3.63, 3.8) is 0 Å². The summed E-state index contributed by atoms with van der Waals surface area (Å²) in [6.07, 6.45) is 3.18. The lowest BCUT2D eigenvalue weighted by molar-refractivity contribution is -0.134. The van der Waals surface area contributed by atoms with E-state index in [1.165, 1.54) is 10.4 Å². The maximum absolute atomic E-state index is 12.1. The lowest BCUT2D eigenvalue weighted by atomic mass is 10.2. The summed E-state index contributed by atoms with van der Waals surface area (Å²) in [6, 6.07) is 2.13. The van der Waals surface area contributed by atoms with Crippen molar-refractivity contribution in [3.05, 3.63) is 22.4 Å². The Kier molecular flexibility index (Phi) is 4.60. The molecule has 0 radical (unpaired) electrons. The maximum atomic E-state index is 12.1. The first kappa shape index (κ1) is 16.7. The van der Waals surface area contributed by atoms with Crippen molar-refractivity contribution in [2.24, 2.45) is 5.92 Å². The minimum atomic E-state index is 0.312. The molecule has 0 N–H and O–H groups in total. The molecule has 0 atom stereocenters. The quantitative estimate of drug-likeness (QED) is 0.820. The summed E-state index contributed by atoms with van der Waals surface area (Å²) in [5.41, 5.74) is 1.29. The highest BCUT2D eigenvalue weighted by molar-refractivity contribution is 7.15. The average molecular weight is 360 g/mol. The number of rotatable bonds is 5. The first-order valence-corrected chi connectivity index (χ1v) is 9.89. The third-order valence-electron chi connectivity index (χ3n) is 4.99. The molecule has 6 nitrogen and oxygen atoms in total. The fourth-order valence-corrected chi connectivity index (χ4v) is 4.33. The van der Waals surface area contributed by atoms with Crippen molar-refractivity contribution in [2.75, 3.05) is 26.2 Å². The SMILES string of the molecule is CCc1sc(-c2nnc(CN3CCN(C(=O)C4CC4)CC3)o2)cc1C. The zero-order valence-electron chi connectivity index (χ0n) is 14.8. The van der Waals surface area contributed by atoms with Gasteiger partial charge in [-0.15, -0.1) is 21.5 Å². The van der Waals surface area contributed by atoms with Crippen LogP contribution in [0.5, 0.6) is 0 Å². The molecule has 0 bridgehead atoms. The molecular weight excluding hydrogens is 336 g/mol. The molecule has 4 rings (SSSR count). The third-order valence-corrected chi connectivity index (χ3v) is 6.36. The van der Waals surface area contributed by atoms with E-state index >= 15 is 0 Å². The van der Waals surface area contributed by atoms with Crippen LogP contribution >= 0.6 is 11.3 Å². The Morgan fingerprint density at radius 1 is 1.28 bits per heavy atom. The van der Waals surface area contributed by atoms with E-state index in [1.807, 2.05) is 4.90 Å². The van der Waals surface area contributed by atoms with Crippen molar-refractivity contribution in [1.82, 2.24) is 20.0 Å². The second-order valence-corrected chi connectivity index (χ2v) is 8.08. The molecular formula is C18H24N4O2S. The summed E-state index contributed by atoms with van der Waals surface area (Å²) in [6.45, 7) is 8.29. The Morgan fingerprint density at radius 2 is 2.04 bits per heavy atom. The van der Waals surface area contributed by atoms with Gasteiger partial charge in [-0.25, -0.2) is 0 Å². The summed E-state index contributed by atoms with van der Waals surface area (Å²) in [7, 11) is 0. The fourth-order valence-electron chi connectivity index (χ4n) is 3.30.